The van der Waals surface area contributed by atoms with E-state index >= 15 is 0 Å². The van der Waals surface area contributed by atoms with Gasteiger partial charge in [-0.2, -0.15) is 0 Å². The minimum absolute atomic E-state index is 0.0982. The fraction of sp³-hybridized carbons (Fsp3) is 0.500. The summed E-state index contributed by atoms with van der Waals surface area (Å²) in [6, 6.07) is 4.97. The first-order valence-electron chi connectivity index (χ1n) is 6.38. The number of nitrogens with zero attached hydrogens (tertiary/aromatic N) is 1. The minimum Gasteiger partial charge on any atom is -0.508 e. The zero-order valence-corrected chi connectivity index (χ0v) is 11.6. The number of aromatic hydroxyl groups is 1. The predicted molar refractivity (Wildman–Crippen MR) is 74.3 cm³/mol. The molecule has 0 aliphatic carbocycles. The first kappa shape index (κ1) is 15.5. The van der Waals surface area contributed by atoms with Crippen LogP contribution in [0.15, 0.2) is 18.2 Å². The van der Waals surface area contributed by atoms with Crippen LogP contribution < -0.4 is 5.73 Å². The second kappa shape index (κ2) is 7.76. The van der Waals surface area contributed by atoms with E-state index in [1.54, 1.807) is 37.1 Å². The third kappa shape index (κ3) is 4.22. The van der Waals surface area contributed by atoms with E-state index < -0.39 is 0 Å². The molecular formula is C14H22N2O3. The standard InChI is InChI=1S/C14H22N2O3/c1-11-12(5-3-6-13(11)17)14(18)16(8-4-7-15)9-10-19-2/h3,5-6,17H,4,7-10,15H2,1-2H3. The van der Waals surface area contributed by atoms with Gasteiger partial charge < -0.3 is 20.5 Å². The van der Waals surface area contributed by atoms with E-state index in [-0.39, 0.29) is 11.7 Å². The third-order valence-corrected chi connectivity index (χ3v) is 3.02. The number of hydrogen-bond acceptors (Lipinski definition) is 4. The second-order valence-electron chi connectivity index (χ2n) is 4.38. The summed E-state index contributed by atoms with van der Waals surface area (Å²) in [5.74, 6) is 0.0373. The topological polar surface area (TPSA) is 75.8 Å². The van der Waals surface area contributed by atoms with Crippen LogP contribution in [-0.2, 0) is 4.74 Å². The SMILES string of the molecule is COCCN(CCCN)C(=O)c1cccc(O)c1C. The molecule has 1 rings (SSSR count). The van der Waals surface area contributed by atoms with E-state index in [0.29, 0.717) is 37.4 Å². The lowest BCUT2D eigenvalue weighted by Crippen LogP contribution is -2.36. The summed E-state index contributed by atoms with van der Waals surface area (Å²) in [4.78, 5) is 14.2. The van der Waals surface area contributed by atoms with Crippen LogP contribution in [0, 0.1) is 6.92 Å². The number of methoxy groups -OCH3 is 1. The number of carbonyl (C=O) groups is 1. The molecule has 0 radical (unpaired) electrons. The van der Waals surface area contributed by atoms with E-state index in [9.17, 15) is 9.90 Å². The Kier molecular flexibility index (Phi) is 6.32. The number of carbonyl (C=O) groups excluding carboxylic acids is 1. The van der Waals surface area contributed by atoms with E-state index in [1.165, 1.54) is 0 Å². The van der Waals surface area contributed by atoms with E-state index in [4.69, 9.17) is 10.5 Å². The van der Waals surface area contributed by atoms with Gasteiger partial charge in [0.05, 0.1) is 6.61 Å². The highest BCUT2D eigenvalue weighted by molar-refractivity contribution is 5.96. The van der Waals surface area contributed by atoms with Crippen LogP contribution in [0.5, 0.6) is 5.75 Å². The molecule has 1 aromatic rings. The maximum atomic E-state index is 12.4. The van der Waals surface area contributed by atoms with Crippen molar-refractivity contribution in [3.05, 3.63) is 29.3 Å². The Morgan fingerprint density at radius 1 is 1.42 bits per heavy atom. The minimum atomic E-state index is -0.0982. The number of phenols is 1. The quantitative estimate of drug-likeness (QED) is 0.776. The molecule has 0 heterocycles. The molecule has 0 saturated heterocycles. The highest BCUT2D eigenvalue weighted by atomic mass is 16.5. The molecule has 0 bridgehead atoms. The van der Waals surface area contributed by atoms with Gasteiger partial charge in [0.2, 0.25) is 0 Å². The molecule has 0 fully saturated rings. The summed E-state index contributed by atoms with van der Waals surface area (Å²) in [6.45, 7) is 3.86. The van der Waals surface area contributed by atoms with Crippen molar-refractivity contribution in [2.45, 2.75) is 13.3 Å². The molecule has 0 unspecified atom stereocenters. The third-order valence-electron chi connectivity index (χ3n) is 3.02. The van der Waals surface area contributed by atoms with Gasteiger partial charge in [0, 0.05) is 31.3 Å². The smallest absolute Gasteiger partial charge is 0.254 e. The zero-order valence-electron chi connectivity index (χ0n) is 11.6. The van der Waals surface area contributed by atoms with Crippen molar-refractivity contribution in [3.63, 3.8) is 0 Å². The molecule has 5 heteroatoms. The lowest BCUT2D eigenvalue weighted by Gasteiger charge is -2.23. The molecule has 0 aliphatic heterocycles. The maximum absolute atomic E-state index is 12.4. The first-order valence-corrected chi connectivity index (χ1v) is 6.38. The van der Waals surface area contributed by atoms with Crippen LogP contribution in [0.1, 0.15) is 22.3 Å². The molecular weight excluding hydrogens is 244 g/mol. The lowest BCUT2D eigenvalue weighted by atomic mass is 10.1. The van der Waals surface area contributed by atoms with Gasteiger partial charge in [0.1, 0.15) is 5.75 Å². The molecule has 1 amide bonds. The van der Waals surface area contributed by atoms with Gasteiger partial charge in [-0.05, 0) is 32.0 Å². The van der Waals surface area contributed by atoms with Crippen LogP contribution in [0.25, 0.3) is 0 Å². The maximum Gasteiger partial charge on any atom is 0.254 e. The van der Waals surface area contributed by atoms with Gasteiger partial charge in [0.25, 0.3) is 5.91 Å². The molecule has 5 nitrogen and oxygen atoms in total. The molecule has 0 spiro atoms. The molecule has 0 aliphatic rings. The fourth-order valence-corrected chi connectivity index (χ4v) is 1.82. The number of rotatable bonds is 7. The van der Waals surface area contributed by atoms with Gasteiger partial charge in [-0.25, -0.2) is 0 Å². The summed E-state index contributed by atoms with van der Waals surface area (Å²) in [6.07, 6.45) is 0.743. The highest BCUT2D eigenvalue weighted by Crippen LogP contribution is 2.20. The Hall–Kier alpha value is -1.59. The van der Waals surface area contributed by atoms with Gasteiger partial charge in [-0.3, -0.25) is 4.79 Å². The molecule has 19 heavy (non-hydrogen) atoms. The van der Waals surface area contributed by atoms with Crippen molar-refractivity contribution in [1.82, 2.24) is 4.90 Å². The number of amides is 1. The average Bonchev–Trinajstić information content (AvgIpc) is 2.41. The summed E-state index contributed by atoms with van der Waals surface area (Å²) < 4.78 is 5.02. The van der Waals surface area contributed by atoms with Gasteiger partial charge >= 0.3 is 0 Å². The van der Waals surface area contributed by atoms with Gasteiger partial charge in [0.15, 0.2) is 0 Å². The highest BCUT2D eigenvalue weighted by Gasteiger charge is 2.18. The largest absolute Gasteiger partial charge is 0.508 e. The van der Waals surface area contributed by atoms with Crippen molar-refractivity contribution < 1.29 is 14.6 Å². The molecule has 1 aromatic carbocycles. The Bertz CT molecular complexity index is 413. The monoisotopic (exact) mass is 266 g/mol. The van der Waals surface area contributed by atoms with Crippen molar-refractivity contribution in [1.29, 1.82) is 0 Å². The fourth-order valence-electron chi connectivity index (χ4n) is 1.82. The van der Waals surface area contributed by atoms with Crippen LogP contribution in [0.3, 0.4) is 0 Å². The molecule has 0 saturated carbocycles. The summed E-state index contributed by atoms with van der Waals surface area (Å²) in [7, 11) is 1.60. The number of hydrogen-bond donors (Lipinski definition) is 2. The Balaban J connectivity index is 2.87. The van der Waals surface area contributed by atoms with Crippen LogP contribution in [0.4, 0.5) is 0 Å². The van der Waals surface area contributed by atoms with Crippen molar-refractivity contribution >= 4 is 5.91 Å². The summed E-state index contributed by atoms with van der Waals surface area (Å²) >= 11 is 0. The predicted octanol–water partition coefficient (Wildman–Crippen LogP) is 1.14. The molecule has 0 atom stereocenters. The van der Waals surface area contributed by atoms with E-state index in [0.717, 1.165) is 6.42 Å². The number of ether oxygens (including phenoxy) is 1. The van der Waals surface area contributed by atoms with Crippen molar-refractivity contribution in [2.24, 2.45) is 5.73 Å². The number of nitrogens with two attached hydrogens (primary N) is 1. The normalized spacial score (nSPS) is 10.5. The van der Waals surface area contributed by atoms with Crippen LogP contribution in [0.2, 0.25) is 0 Å². The zero-order chi connectivity index (χ0) is 14.3. The molecule has 106 valence electrons. The Labute approximate surface area is 114 Å². The second-order valence-corrected chi connectivity index (χ2v) is 4.38. The number of benzene rings is 1. The van der Waals surface area contributed by atoms with Crippen molar-refractivity contribution in [2.75, 3.05) is 33.4 Å². The average molecular weight is 266 g/mol. The lowest BCUT2D eigenvalue weighted by molar-refractivity contribution is 0.0693. The van der Waals surface area contributed by atoms with E-state index in [1.807, 2.05) is 0 Å². The first-order chi connectivity index (χ1) is 9.11. The van der Waals surface area contributed by atoms with Gasteiger partial charge in [-0.15, -0.1) is 0 Å². The summed E-state index contributed by atoms with van der Waals surface area (Å²) in [5, 5.41) is 9.67. The summed E-state index contributed by atoms with van der Waals surface area (Å²) in [5.41, 5.74) is 6.61. The Morgan fingerprint density at radius 3 is 2.79 bits per heavy atom. The molecule has 0 aromatic heterocycles. The molecule has 3 N–H and O–H groups in total. The van der Waals surface area contributed by atoms with Crippen LogP contribution >= 0.6 is 0 Å². The van der Waals surface area contributed by atoms with Crippen molar-refractivity contribution in [3.8, 4) is 5.75 Å². The van der Waals surface area contributed by atoms with E-state index in [2.05, 4.69) is 0 Å². The Morgan fingerprint density at radius 2 is 2.16 bits per heavy atom. The number of phenolic OH excluding ortho intramolecular Hbond substituents is 1. The van der Waals surface area contributed by atoms with Crippen LogP contribution in [-0.4, -0.2) is 49.3 Å². The van der Waals surface area contributed by atoms with Gasteiger partial charge in [-0.1, -0.05) is 6.07 Å².